The molecule has 11 heteroatoms. The zero-order valence-electron chi connectivity index (χ0n) is 22.4. The van der Waals surface area contributed by atoms with E-state index in [9.17, 15) is 18.3 Å². The number of fused-ring (bicyclic) bond motifs is 1. The summed E-state index contributed by atoms with van der Waals surface area (Å²) in [5.41, 5.74) is 7.36. The lowest BCUT2D eigenvalue weighted by molar-refractivity contribution is -0.0907. The molecule has 4 N–H and O–H groups in total. The molecule has 2 aliphatic rings. The number of amides is 1. The Labute approximate surface area is 230 Å². The number of benzene rings is 2. The highest BCUT2D eigenvalue weighted by molar-refractivity contribution is 7.89. The average Bonchev–Trinajstić information content (AvgIpc) is 3.53. The fraction of sp³-hybridized carbons (Fsp3) is 0.536. The van der Waals surface area contributed by atoms with Crippen LogP contribution in [0.2, 0.25) is 0 Å². The van der Waals surface area contributed by atoms with Gasteiger partial charge in [-0.1, -0.05) is 56.3 Å². The van der Waals surface area contributed by atoms with Crippen LogP contribution in [-0.2, 0) is 37.2 Å². The van der Waals surface area contributed by atoms with Crippen LogP contribution < -0.4 is 11.1 Å². The Morgan fingerprint density at radius 2 is 1.82 bits per heavy atom. The summed E-state index contributed by atoms with van der Waals surface area (Å²) in [4.78, 5) is 13.1. The van der Waals surface area contributed by atoms with Gasteiger partial charge >= 0.3 is 6.09 Å². The molecule has 1 unspecified atom stereocenters. The molecule has 5 atom stereocenters. The highest BCUT2D eigenvalue weighted by Crippen LogP contribution is 2.33. The van der Waals surface area contributed by atoms with E-state index in [0.29, 0.717) is 13.2 Å². The smallest absolute Gasteiger partial charge is 0.407 e. The zero-order valence-corrected chi connectivity index (χ0v) is 23.3. The molecular weight excluding hydrogens is 522 g/mol. The lowest BCUT2D eigenvalue weighted by Crippen LogP contribution is -2.51. The molecule has 2 aromatic rings. The van der Waals surface area contributed by atoms with Crippen molar-refractivity contribution in [2.45, 2.75) is 62.7 Å². The second kappa shape index (κ2) is 13.2. The number of nitrogens with one attached hydrogen (secondary N) is 1. The van der Waals surface area contributed by atoms with E-state index >= 15 is 0 Å². The number of sulfonamides is 1. The van der Waals surface area contributed by atoms with Crippen LogP contribution in [0.4, 0.5) is 4.79 Å². The summed E-state index contributed by atoms with van der Waals surface area (Å²) in [5, 5.41) is 14.2. The van der Waals surface area contributed by atoms with Crippen molar-refractivity contribution in [3.63, 3.8) is 0 Å². The van der Waals surface area contributed by atoms with Crippen LogP contribution in [0.5, 0.6) is 0 Å². The van der Waals surface area contributed by atoms with Crippen molar-refractivity contribution in [1.29, 1.82) is 0 Å². The van der Waals surface area contributed by atoms with Crippen molar-refractivity contribution in [3.05, 3.63) is 65.7 Å². The minimum atomic E-state index is -3.92. The Hall–Kier alpha value is -2.54. The van der Waals surface area contributed by atoms with Gasteiger partial charge in [0.2, 0.25) is 10.0 Å². The summed E-state index contributed by atoms with van der Waals surface area (Å²) in [6.45, 7) is 4.92. The number of carbonyl (C=O) groups excluding carboxylic acids is 1. The van der Waals surface area contributed by atoms with Crippen molar-refractivity contribution in [2.24, 2.45) is 17.6 Å². The van der Waals surface area contributed by atoms with Crippen LogP contribution in [0.15, 0.2) is 59.5 Å². The third kappa shape index (κ3) is 7.56. The van der Waals surface area contributed by atoms with Gasteiger partial charge in [0.15, 0.2) is 6.29 Å². The normalized spacial score (nSPS) is 22.6. The number of carbonyl (C=O) groups is 1. The summed E-state index contributed by atoms with van der Waals surface area (Å²) >= 11 is 0. The number of alkyl carbamates (subject to hydrolysis) is 1. The van der Waals surface area contributed by atoms with Crippen LogP contribution in [-0.4, -0.2) is 74.8 Å². The fourth-order valence-corrected chi connectivity index (χ4v) is 6.60. The maximum Gasteiger partial charge on any atom is 0.407 e. The molecule has 0 spiro atoms. The van der Waals surface area contributed by atoms with Crippen molar-refractivity contribution in [2.75, 3.05) is 26.3 Å². The Kier molecular flexibility index (Phi) is 9.97. The maximum atomic E-state index is 13.6. The van der Waals surface area contributed by atoms with Crippen LogP contribution >= 0.6 is 0 Å². The Morgan fingerprint density at radius 1 is 1.10 bits per heavy atom. The summed E-state index contributed by atoms with van der Waals surface area (Å²) in [5.74, 6) is -0.0182. The van der Waals surface area contributed by atoms with Crippen molar-refractivity contribution >= 4 is 16.1 Å². The van der Waals surface area contributed by atoms with Gasteiger partial charge < -0.3 is 30.4 Å². The molecule has 1 amide bonds. The molecule has 2 fully saturated rings. The van der Waals surface area contributed by atoms with E-state index in [1.165, 1.54) is 16.4 Å². The number of aliphatic hydroxyl groups is 1. The van der Waals surface area contributed by atoms with E-state index in [1.807, 2.05) is 44.2 Å². The molecule has 2 aliphatic heterocycles. The lowest BCUT2D eigenvalue weighted by Gasteiger charge is -2.31. The summed E-state index contributed by atoms with van der Waals surface area (Å²) in [6.07, 6.45) is -1.67. The molecule has 2 heterocycles. The quantitative estimate of drug-likeness (QED) is 0.359. The molecule has 0 saturated carbocycles. The Morgan fingerprint density at radius 3 is 2.49 bits per heavy atom. The first-order chi connectivity index (χ1) is 18.7. The van der Waals surface area contributed by atoms with Gasteiger partial charge in [0.05, 0.1) is 36.2 Å². The zero-order chi connectivity index (χ0) is 28.0. The predicted octanol–water partition coefficient (Wildman–Crippen LogP) is 2.25. The van der Waals surface area contributed by atoms with Gasteiger partial charge in [-0.2, -0.15) is 4.31 Å². The van der Waals surface area contributed by atoms with Gasteiger partial charge in [-0.25, -0.2) is 13.2 Å². The van der Waals surface area contributed by atoms with Crippen molar-refractivity contribution in [1.82, 2.24) is 9.62 Å². The van der Waals surface area contributed by atoms with Gasteiger partial charge in [-0.15, -0.1) is 0 Å². The third-order valence-corrected chi connectivity index (χ3v) is 8.91. The number of nitrogens with zero attached hydrogens (tertiary/aromatic N) is 1. The number of aliphatic hydroxyl groups excluding tert-OH is 1. The fourth-order valence-electron chi connectivity index (χ4n) is 4.98. The van der Waals surface area contributed by atoms with Crippen LogP contribution in [0.1, 0.15) is 31.4 Å². The molecular formula is C28H39N3O7S. The number of hydrogen-bond acceptors (Lipinski definition) is 8. The highest BCUT2D eigenvalue weighted by Gasteiger charge is 2.44. The molecule has 4 rings (SSSR count). The SMILES string of the molecule is CC(C)CN(C[C@@H](O)[C@H](Cc1ccccc1)NC(=O)O[C@H]1CO[C@H]2OCCC21)S(=O)(=O)c1ccc(CN)cc1. The first-order valence-electron chi connectivity index (χ1n) is 13.4. The predicted molar refractivity (Wildman–Crippen MR) is 145 cm³/mol. The van der Waals surface area contributed by atoms with E-state index < -0.39 is 34.4 Å². The standard InChI is InChI=1S/C28H39N3O7S/c1-19(2)16-31(39(34,35)22-10-8-21(15-29)9-11-22)17-25(32)24(14-20-6-4-3-5-7-20)30-28(33)38-26-18-37-27-23(26)12-13-36-27/h3-11,19,23-27,32H,12-18,29H2,1-2H3,(H,30,33)/t23?,24-,25+,26-,27+/m0/s1. The minimum absolute atomic E-state index is 0.00438. The first kappa shape index (κ1) is 29.4. The van der Waals surface area contributed by atoms with Crippen LogP contribution in [0.3, 0.4) is 0 Å². The third-order valence-electron chi connectivity index (χ3n) is 7.07. The molecule has 39 heavy (non-hydrogen) atoms. The summed E-state index contributed by atoms with van der Waals surface area (Å²) in [7, 11) is -3.92. The number of ether oxygens (including phenoxy) is 3. The Balaban J connectivity index is 1.51. The lowest BCUT2D eigenvalue weighted by atomic mass is 10.0. The maximum absolute atomic E-state index is 13.6. The van der Waals surface area contributed by atoms with Gasteiger partial charge in [0, 0.05) is 19.6 Å². The van der Waals surface area contributed by atoms with Gasteiger partial charge in [-0.3, -0.25) is 0 Å². The first-order valence-corrected chi connectivity index (χ1v) is 14.8. The molecule has 2 saturated heterocycles. The van der Waals surface area contributed by atoms with E-state index in [-0.39, 0.29) is 49.1 Å². The summed E-state index contributed by atoms with van der Waals surface area (Å²) in [6, 6.07) is 15.0. The van der Waals surface area contributed by atoms with Crippen molar-refractivity contribution in [3.8, 4) is 0 Å². The Bertz CT molecular complexity index is 1180. The highest BCUT2D eigenvalue weighted by atomic mass is 32.2. The molecule has 0 bridgehead atoms. The topological polar surface area (TPSA) is 140 Å². The van der Waals surface area contributed by atoms with E-state index in [0.717, 1.165) is 17.5 Å². The van der Waals surface area contributed by atoms with Crippen LogP contribution in [0.25, 0.3) is 0 Å². The van der Waals surface area contributed by atoms with Crippen LogP contribution in [0, 0.1) is 11.8 Å². The second-order valence-corrected chi connectivity index (χ2v) is 12.5. The molecule has 0 aromatic heterocycles. The largest absolute Gasteiger partial charge is 0.443 e. The van der Waals surface area contributed by atoms with Crippen molar-refractivity contribution < 1.29 is 32.5 Å². The number of nitrogens with two attached hydrogens (primary N) is 1. The van der Waals surface area contributed by atoms with E-state index in [4.69, 9.17) is 19.9 Å². The molecule has 214 valence electrons. The number of rotatable bonds is 12. The van der Waals surface area contributed by atoms with Gasteiger partial charge in [0.1, 0.15) is 6.10 Å². The summed E-state index contributed by atoms with van der Waals surface area (Å²) < 4.78 is 45.2. The van der Waals surface area contributed by atoms with E-state index in [1.54, 1.807) is 12.1 Å². The molecule has 10 nitrogen and oxygen atoms in total. The van der Waals surface area contributed by atoms with E-state index in [2.05, 4.69) is 5.32 Å². The molecule has 2 aromatic carbocycles. The monoisotopic (exact) mass is 561 g/mol. The molecule has 0 aliphatic carbocycles. The second-order valence-electron chi connectivity index (χ2n) is 10.5. The van der Waals surface area contributed by atoms with Gasteiger partial charge in [0.25, 0.3) is 0 Å². The molecule has 0 radical (unpaired) electrons. The number of hydrogen-bond donors (Lipinski definition) is 3. The van der Waals surface area contributed by atoms with Gasteiger partial charge in [-0.05, 0) is 42.0 Å². The minimum Gasteiger partial charge on any atom is -0.443 e. The average molecular weight is 562 g/mol.